The number of benzene rings is 3. The summed E-state index contributed by atoms with van der Waals surface area (Å²) in [6.07, 6.45) is 0. The second-order valence-electron chi connectivity index (χ2n) is 9.22. The summed E-state index contributed by atoms with van der Waals surface area (Å²) in [5, 5.41) is 9.98. The molecule has 206 valence electrons. The summed E-state index contributed by atoms with van der Waals surface area (Å²) in [4.78, 5) is 32.5. The molecule has 6 rings (SSSR count). The Balaban J connectivity index is 1.53. The van der Waals surface area contributed by atoms with Gasteiger partial charge in [-0.2, -0.15) is 10.1 Å². The summed E-state index contributed by atoms with van der Waals surface area (Å²) in [5.74, 6) is -0.480. The van der Waals surface area contributed by atoms with Gasteiger partial charge in [-0.25, -0.2) is 9.67 Å². The number of nitrogens with one attached hydrogen (secondary N) is 1. The maximum absolute atomic E-state index is 13.8. The van der Waals surface area contributed by atoms with E-state index in [1.807, 2.05) is 24.3 Å². The van der Waals surface area contributed by atoms with Crippen molar-refractivity contribution in [1.29, 1.82) is 0 Å². The molecule has 3 heterocycles. The molecule has 2 aliphatic rings. The fourth-order valence-corrected chi connectivity index (χ4v) is 6.87. The Bertz CT molecular complexity index is 1940. The minimum absolute atomic E-state index is 0.165. The molecule has 13 heteroatoms. The average molecular weight is 666 g/mol. The first-order valence-corrected chi connectivity index (χ1v) is 14.2. The van der Waals surface area contributed by atoms with Crippen molar-refractivity contribution in [2.24, 2.45) is 10.1 Å². The molecule has 1 aromatic heterocycles. The number of amides is 1. The number of hydrogen-bond donors (Lipinski definition) is 1. The number of hydrogen-bond acceptors (Lipinski definition) is 4. The summed E-state index contributed by atoms with van der Waals surface area (Å²) in [6, 6.07) is 13.3. The van der Waals surface area contributed by atoms with Crippen LogP contribution in [0, 0.1) is 6.92 Å². The van der Waals surface area contributed by atoms with Crippen molar-refractivity contribution in [3.8, 4) is 5.69 Å². The van der Waals surface area contributed by atoms with Gasteiger partial charge in [0.25, 0.3) is 11.5 Å². The van der Waals surface area contributed by atoms with Crippen molar-refractivity contribution in [2.75, 3.05) is 5.01 Å². The fraction of sp³-hybridized carbons (Fsp3) is 0.0714. The Kier molecular flexibility index (Phi) is 7.09. The molecule has 2 aliphatic heterocycles. The third kappa shape index (κ3) is 4.52. The number of fused-ring (bicyclic) bond motifs is 1. The molecule has 0 saturated carbocycles. The standard InChI is InChI=1S/C28H15Cl6N5O2/c1-11-21(27(40)38(36-11)25-17(31)7-13(29)8-18(25)32)23-15-5-3-4-6-16(15)24(35-23)22-12(2)37-39(28(22)41)26-19(33)9-14(30)10-20(26)34/h3-10,36H,1-2H3/b24-22-. The summed E-state index contributed by atoms with van der Waals surface area (Å²) >= 11 is 37.7. The molecule has 0 atom stereocenters. The van der Waals surface area contributed by atoms with E-state index in [2.05, 4.69) is 10.2 Å². The Hall–Kier alpha value is -3.04. The van der Waals surface area contributed by atoms with Gasteiger partial charge in [0, 0.05) is 26.9 Å². The van der Waals surface area contributed by atoms with Crippen molar-refractivity contribution in [1.82, 2.24) is 9.78 Å². The lowest BCUT2D eigenvalue weighted by Gasteiger charge is -2.15. The monoisotopic (exact) mass is 663 g/mol. The van der Waals surface area contributed by atoms with Crippen molar-refractivity contribution < 1.29 is 4.79 Å². The Morgan fingerprint density at radius 1 is 0.756 bits per heavy atom. The van der Waals surface area contributed by atoms with Crippen LogP contribution in [0.25, 0.3) is 11.4 Å². The van der Waals surface area contributed by atoms with Crippen LogP contribution < -0.4 is 10.6 Å². The lowest BCUT2D eigenvalue weighted by molar-refractivity contribution is -0.114. The van der Waals surface area contributed by atoms with Gasteiger partial charge in [-0.1, -0.05) is 93.9 Å². The van der Waals surface area contributed by atoms with E-state index in [4.69, 9.17) is 74.6 Å². The van der Waals surface area contributed by atoms with Crippen LogP contribution >= 0.6 is 69.6 Å². The quantitative estimate of drug-likeness (QED) is 0.223. The number of H-pyrrole nitrogens is 1. The third-order valence-electron chi connectivity index (χ3n) is 6.62. The van der Waals surface area contributed by atoms with Crippen molar-refractivity contribution in [3.05, 3.63) is 117 Å². The topological polar surface area (TPSA) is 82.8 Å². The maximum atomic E-state index is 13.8. The Morgan fingerprint density at radius 2 is 1.29 bits per heavy atom. The molecule has 0 spiro atoms. The summed E-state index contributed by atoms with van der Waals surface area (Å²) in [5.41, 5.74) is 3.53. The maximum Gasteiger partial charge on any atom is 0.282 e. The largest absolute Gasteiger partial charge is 0.295 e. The number of anilines is 1. The molecule has 0 bridgehead atoms. The number of nitrogens with zero attached hydrogens (tertiary/aromatic N) is 4. The minimum atomic E-state index is -0.480. The van der Waals surface area contributed by atoms with Crippen LogP contribution in [0.15, 0.2) is 69.0 Å². The number of rotatable bonds is 3. The highest BCUT2D eigenvalue weighted by atomic mass is 35.5. The van der Waals surface area contributed by atoms with Crippen LogP contribution in [0.2, 0.25) is 30.1 Å². The second kappa shape index (κ2) is 10.3. The van der Waals surface area contributed by atoms with Gasteiger partial charge in [0.1, 0.15) is 11.4 Å². The van der Waals surface area contributed by atoms with E-state index in [0.717, 1.165) is 5.01 Å². The van der Waals surface area contributed by atoms with Gasteiger partial charge in [0.15, 0.2) is 0 Å². The van der Waals surface area contributed by atoms with Gasteiger partial charge >= 0.3 is 0 Å². The first-order chi connectivity index (χ1) is 19.5. The van der Waals surface area contributed by atoms with Gasteiger partial charge in [-0.15, -0.1) is 0 Å². The molecular formula is C28H15Cl6N5O2. The lowest BCUT2D eigenvalue weighted by Crippen LogP contribution is -2.22. The number of carbonyl (C=O) groups is 1. The Labute approximate surface area is 263 Å². The van der Waals surface area contributed by atoms with E-state index in [1.165, 1.54) is 28.9 Å². The van der Waals surface area contributed by atoms with E-state index >= 15 is 0 Å². The van der Waals surface area contributed by atoms with Crippen LogP contribution in [-0.4, -0.2) is 27.1 Å². The number of aliphatic imine (C=N–C) groups is 1. The zero-order valence-electron chi connectivity index (χ0n) is 21.0. The van der Waals surface area contributed by atoms with Crippen LogP contribution in [0.3, 0.4) is 0 Å². The molecule has 3 aromatic carbocycles. The number of carbonyl (C=O) groups excluding carboxylic acids is 1. The van der Waals surface area contributed by atoms with Gasteiger partial charge in [0.05, 0.1) is 48.3 Å². The van der Waals surface area contributed by atoms with Crippen molar-refractivity contribution in [3.63, 3.8) is 0 Å². The van der Waals surface area contributed by atoms with E-state index in [0.29, 0.717) is 44.0 Å². The average Bonchev–Trinajstić information content (AvgIpc) is 3.48. The molecular weight excluding hydrogens is 651 g/mol. The van der Waals surface area contributed by atoms with Crippen LogP contribution in [0.1, 0.15) is 29.3 Å². The van der Waals surface area contributed by atoms with Gasteiger partial charge in [-0.3, -0.25) is 14.7 Å². The lowest BCUT2D eigenvalue weighted by atomic mass is 9.97. The number of aromatic nitrogens is 2. The molecule has 4 aromatic rings. The van der Waals surface area contributed by atoms with Crippen LogP contribution in [-0.2, 0) is 4.79 Å². The van der Waals surface area contributed by atoms with Gasteiger partial charge in [-0.05, 0) is 38.1 Å². The molecule has 41 heavy (non-hydrogen) atoms. The van der Waals surface area contributed by atoms with E-state index in [-0.39, 0.29) is 42.6 Å². The SMILES string of the molecule is CC1=NN(c2c(Cl)cc(Cl)cc2Cl)C(=O)/C1=C1\N=C(c2c(C)[nH]n(-c3c(Cl)cc(Cl)cc3Cl)c2=O)c2ccccc21. The van der Waals surface area contributed by atoms with Gasteiger partial charge < -0.3 is 0 Å². The zero-order valence-corrected chi connectivity index (χ0v) is 25.5. The highest BCUT2D eigenvalue weighted by Gasteiger charge is 2.38. The smallest absolute Gasteiger partial charge is 0.282 e. The van der Waals surface area contributed by atoms with E-state index in [9.17, 15) is 9.59 Å². The molecule has 0 unspecified atom stereocenters. The predicted molar refractivity (Wildman–Crippen MR) is 167 cm³/mol. The number of hydrazone groups is 1. The highest BCUT2D eigenvalue weighted by molar-refractivity contribution is 6.44. The molecule has 1 N–H and O–H groups in total. The Morgan fingerprint density at radius 3 is 1.88 bits per heavy atom. The van der Waals surface area contributed by atoms with Gasteiger partial charge in [0.2, 0.25) is 0 Å². The molecule has 0 radical (unpaired) electrons. The molecule has 0 fully saturated rings. The van der Waals surface area contributed by atoms with E-state index < -0.39 is 11.5 Å². The number of aromatic amines is 1. The fourth-order valence-electron chi connectivity index (χ4n) is 4.91. The third-order valence-corrected chi connectivity index (χ3v) is 8.21. The van der Waals surface area contributed by atoms with Crippen molar-refractivity contribution in [2.45, 2.75) is 13.8 Å². The summed E-state index contributed by atoms with van der Waals surface area (Å²) < 4.78 is 1.25. The van der Waals surface area contributed by atoms with E-state index in [1.54, 1.807) is 13.8 Å². The molecule has 1 amide bonds. The number of aryl methyl sites for hydroxylation is 1. The molecule has 0 aliphatic carbocycles. The first kappa shape index (κ1) is 28.1. The summed E-state index contributed by atoms with van der Waals surface area (Å²) in [6.45, 7) is 3.42. The van der Waals surface area contributed by atoms with Crippen LogP contribution in [0.5, 0.6) is 0 Å². The van der Waals surface area contributed by atoms with Crippen molar-refractivity contribution >= 4 is 98.3 Å². The second-order valence-corrected chi connectivity index (χ2v) is 11.7. The minimum Gasteiger partial charge on any atom is -0.295 e. The van der Waals surface area contributed by atoms with Crippen LogP contribution in [0.4, 0.5) is 5.69 Å². The number of halogens is 6. The predicted octanol–water partition coefficient (Wildman–Crippen LogP) is 8.38. The molecule has 0 saturated heterocycles. The highest BCUT2D eigenvalue weighted by Crippen LogP contribution is 2.42. The normalized spacial score (nSPS) is 16.4. The summed E-state index contributed by atoms with van der Waals surface area (Å²) in [7, 11) is 0. The first-order valence-electron chi connectivity index (χ1n) is 11.9. The molecule has 7 nitrogen and oxygen atoms in total. The zero-order chi connectivity index (χ0) is 29.3.